The largest absolute Gasteiger partial charge is 0.342 e. The number of benzene rings is 3. The number of hydrogen-bond acceptors (Lipinski definition) is 1. The van der Waals surface area contributed by atoms with Crippen LogP contribution < -0.4 is 0 Å². The normalized spacial score (nSPS) is 10.9. The van der Waals surface area contributed by atoms with E-state index in [2.05, 4.69) is 64.6 Å². The summed E-state index contributed by atoms with van der Waals surface area (Å²) in [5.74, 6) is 1.00. The highest BCUT2D eigenvalue weighted by Gasteiger charge is 2.08. The maximum atomic E-state index is 4.69. The van der Waals surface area contributed by atoms with E-state index < -0.39 is 0 Å². The lowest BCUT2D eigenvalue weighted by Crippen LogP contribution is -1.94. The van der Waals surface area contributed by atoms with Gasteiger partial charge in [0.25, 0.3) is 0 Å². The SMILES string of the molecule is c1ccc(-c2ccccc2Cc2nc3ccccc3[nH]2)cc1. The third-order valence-electron chi connectivity index (χ3n) is 3.90. The predicted molar refractivity (Wildman–Crippen MR) is 90.8 cm³/mol. The van der Waals surface area contributed by atoms with E-state index in [1.54, 1.807) is 0 Å². The van der Waals surface area contributed by atoms with Crippen molar-refractivity contribution in [2.24, 2.45) is 0 Å². The van der Waals surface area contributed by atoms with E-state index in [9.17, 15) is 0 Å². The summed E-state index contributed by atoms with van der Waals surface area (Å²) in [6, 6.07) is 27.2. The standard InChI is InChI=1S/C20H16N2/c1-2-8-15(9-3-1)17-11-5-4-10-16(17)14-20-21-18-12-6-7-13-19(18)22-20/h1-13H,14H2,(H,21,22). The number of nitrogens with zero attached hydrogens (tertiary/aromatic N) is 1. The Morgan fingerprint density at radius 1 is 0.727 bits per heavy atom. The van der Waals surface area contributed by atoms with Gasteiger partial charge in [-0.05, 0) is 28.8 Å². The number of H-pyrrole nitrogens is 1. The van der Waals surface area contributed by atoms with E-state index in [-0.39, 0.29) is 0 Å². The summed E-state index contributed by atoms with van der Waals surface area (Å²) in [7, 11) is 0. The number of fused-ring (bicyclic) bond motifs is 1. The van der Waals surface area contributed by atoms with Gasteiger partial charge in [0.1, 0.15) is 5.82 Å². The average molecular weight is 284 g/mol. The molecule has 2 heteroatoms. The van der Waals surface area contributed by atoms with Gasteiger partial charge in [-0.2, -0.15) is 0 Å². The van der Waals surface area contributed by atoms with Gasteiger partial charge in [-0.3, -0.25) is 0 Å². The van der Waals surface area contributed by atoms with Crippen LogP contribution in [0.1, 0.15) is 11.4 Å². The lowest BCUT2D eigenvalue weighted by Gasteiger charge is -2.08. The first-order valence-electron chi connectivity index (χ1n) is 7.47. The van der Waals surface area contributed by atoms with Crippen molar-refractivity contribution in [3.8, 4) is 11.1 Å². The van der Waals surface area contributed by atoms with Crippen LogP contribution in [0.25, 0.3) is 22.2 Å². The highest BCUT2D eigenvalue weighted by Crippen LogP contribution is 2.25. The average Bonchev–Trinajstić information content (AvgIpc) is 2.98. The summed E-state index contributed by atoms with van der Waals surface area (Å²) in [5, 5.41) is 0. The summed E-state index contributed by atoms with van der Waals surface area (Å²) in [6.07, 6.45) is 0.805. The number of aromatic amines is 1. The minimum absolute atomic E-state index is 0.805. The van der Waals surface area contributed by atoms with Crippen molar-refractivity contribution in [2.45, 2.75) is 6.42 Å². The molecule has 106 valence electrons. The van der Waals surface area contributed by atoms with Crippen LogP contribution in [0, 0.1) is 0 Å². The zero-order chi connectivity index (χ0) is 14.8. The fourth-order valence-electron chi connectivity index (χ4n) is 2.84. The maximum absolute atomic E-state index is 4.69. The number of rotatable bonds is 3. The van der Waals surface area contributed by atoms with Crippen LogP contribution in [0.5, 0.6) is 0 Å². The molecular weight excluding hydrogens is 268 g/mol. The molecule has 0 aliphatic carbocycles. The summed E-state index contributed by atoms with van der Waals surface area (Å²) < 4.78 is 0. The molecule has 0 fully saturated rings. The third-order valence-corrected chi connectivity index (χ3v) is 3.90. The number of aromatic nitrogens is 2. The molecule has 0 saturated carbocycles. The van der Waals surface area contributed by atoms with Gasteiger partial charge in [-0.1, -0.05) is 66.7 Å². The Bertz CT molecular complexity index is 874. The van der Waals surface area contributed by atoms with Crippen molar-refractivity contribution in [1.29, 1.82) is 0 Å². The molecule has 3 aromatic carbocycles. The maximum Gasteiger partial charge on any atom is 0.111 e. The van der Waals surface area contributed by atoms with E-state index in [1.165, 1.54) is 16.7 Å². The molecule has 22 heavy (non-hydrogen) atoms. The van der Waals surface area contributed by atoms with Gasteiger partial charge in [0.05, 0.1) is 11.0 Å². The molecule has 0 amide bonds. The minimum atomic E-state index is 0.805. The summed E-state index contributed by atoms with van der Waals surface area (Å²) >= 11 is 0. The number of para-hydroxylation sites is 2. The molecule has 2 nitrogen and oxygen atoms in total. The number of imidazole rings is 1. The van der Waals surface area contributed by atoms with E-state index in [0.29, 0.717) is 0 Å². The molecule has 4 rings (SSSR count). The Morgan fingerprint density at radius 3 is 2.32 bits per heavy atom. The van der Waals surface area contributed by atoms with Gasteiger partial charge in [-0.15, -0.1) is 0 Å². The smallest absolute Gasteiger partial charge is 0.111 e. The first-order chi connectivity index (χ1) is 10.9. The molecule has 0 spiro atoms. The van der Waals surface area contributed by atoms with Gasteiger partial charge in [0.15, 0.2) is 0 Å². The van der Waals surface area contributed by atoms with Crippen LogP contribution in [-0.4, -0.2) is 9.97 Å². The lowest BCUT2D eigenvalue weighted by molar-refractivity contribution is 1.04. The Kier molecular flexibility index (Phi) is 3.20. The van der Waals surface area contributed by atoms with Crippen LogP contribution >= 0.6 is 0 Å². The molecule has 0 atom stereocenters. The Balaban J connectivity index is 1.74. The summed E-state index contributed by atoms with van der Waals surface area (Å²) in [4.78, 5) is 8.10. The van der Waals surface area contributed by atoms with E-state index in [0.717, 1.165) is 23.3 Å². The van der Waals surface area contributed by atoms with Crippen LogP contribution in [0.2, 0.25) is 0 Å². The summed E-state index contributed by atoms with van der Waals surface area (Å²) in [5.41, 5.74) is 5.91. The highest BCUT2D eigenvalue weighted by atomic mass is 14.9. The van der Waals surface area contributed by atoms with Crippen molar-refractivity contribution in [2.75, 3.05) is 0 Å². The van der Waals surface area contributed by atoms with Gasteiger partial charge in [0.2, 0.25) is 0 Å². The Morgan fingerprint density at radius 2 is 1.45 bits per heavy atom. The van der Waals surface area contributed by atoms with Gasteiger partial charge >= 0.3 is 0 Å². The molecule has 0 aliphatic rings. The van der Waals surface area contributed by atoms with Gasteiger partial charge < -0.3 is 4.98 Å². The Labute approximate surface area is 129 Å². The topological polar surface area (TPSA) is 28.7 Å². The zero-order valence-corrected chi connectivity index (χ0v) is 12.2. The zero-order valence-electron chi connectivity index (χ0n) is 12.2. The van der Waals surface area contributed by atoms with Crippen LogP contribution in [0.3, 0.4) is 0 Å². The monoisotopic (exact) mass is 284 g/mol. The minimum Gasteiger partial charge on any atom is -0.342 e. The molecule has 1 N–H and O–H groups in total. The van der Waals surface area contributed by atoms with Crippen molar-refractivity contribution in [3.63, 3.8) is 0 Å². The third kappa shape index (κ3) is 2.40. The van der Waals surface area contributed by atoms with Gasteiger partial charge in [-0.25, -0.2) is 4.98 Å². The second-order valence-electron chi connectivity index (χ2n) is 5.40. The first-order valence-corrected chi connectivity index (χ1v) is 7.47. The molecule has 1 aromatic heterocycles. The van der Waals surface area contributed by atoms with Crippen LogP contribution in [-0.2, 0) is 6.42 Å². The predicted octanol–water partition coefficient (Wildman–Crippen LogP) is 4.82. The fourth-order valence-corrected chi connectivity index (χ4v) is 2.84. The van der Waals surface area contributed by atoms with Gasteiger partial charge in [0, 0.05) is 6.42 Å². The summed E-state index contributed by atoms with van der Waals surface area (Å²) in [6.45, 7) is 0. The van der Waals surface area contributed by atoms with Crippen LogP contribution in [0.15, 0.2) is 78.9 Å². The molecule has 0 unspecified atom stereocenters. The number of nitrogens with one attached hydrogen (secondary N) is 1. The van der Waals surface area contributed by atoms with Crippen molar-refractivity contribution >= 4 is 11.0 Å². The molecule has 0 aliphatic heterocycles. The molecule has 4 aromatic rings. The molecule has 0 bridgehead atoms. The van der Waals surface area contributed by atoms with Crippen molar-refractivity contribution < 1.29 is 0 Å². The second-order valence-corrected chi connectivity index (χ2v) is 5.40. The fraction of sp³-hybridized carbons (Fsp3) is 0.0500. The quantitative estimate of drug-likeness (QED) is 0.574. The van der Waals surface area contributed by atoms with Crippen molar-refractivity contribution in [3.05, 3.63) is 90.3 Å². The molecule has 0 radical (unpaired) electrons. The van der Waals surface area contributed by atoms with Crippen LogP contribution in [0.4, 0.5) is 0 Å². The second kappa shape index (κ2) is 5.49. The molecule has 1 heterocycles. The van der Waals surface area contributed by atoms with E-state index in [1.807, 2.05) is 24.3 Å². The lowest BCUT2D eigenvalue weighted by atomic mass is 9.98. The Hall–Kier alpha value is -2.87. The first kappa shape index (κ1) is 12.8. The van der Waals surface area contributed by atoms with Crippen molar-refractivity contribution in [1.82, 2.24) is 9.97 Å². The highest BCUT2D eigenvalue weighted by molar-refractivity contribution is 5.75. The molecular formula is C20H16N2. The van der Waals surface area contributed by atoms with E-state index >= 15 is 0 Å². The number of hydrogen-bond donors (Lipinski definition) is 1. The molecule has 0 saturated heterocycles. The van der Waals surface area contributed by atoms with E-state index in [4.69, 9.17) is 0 Å².